The lowest BCUT2D eigenvalue weighted by Gasteiger charge is -2.34. The number of amides is 1. The summed E-state index contributed by atoms with van der Waals surface area (Å²) in [4.78, 5) is 26.5. The van der Waals surface area contributed by atoms with Gasteiger partial charge in [0.25, 0.3) is 5.91 Å². The summed E-state index contributed by atoms with van der Waals surface area (Å²) in [6.45, 7) is 6.90. The standard InChI is InChI=1S/C20H25N3O4S/c1-13(2)22-8-9-23-16(10-17(24)19(25)18(23)20(22)26)11-21-28(27)12-15-6-4-14(3)5-7-15/h4-7,10,13,21,25H,8-9,11-12H2,1-3H3. The predicted octanol–water partition coefficient (Wildman–Crippen LogP) is 1.68. The van der Waals surface area contributed by atoms with Crippen LogP contribution in [0, 0.1) is 6.92 Å². The SMILES string of the molecule is Cc1ccc(CS(=O)NCc2cc(=O)c(O)c3n2CCN(C(C)C)C3=O)cc1. The van der Waals surface area contributed by atoms with Gasteiger partial charge < -0.3 is 14.6 Å². The molecule has 0 fully saturated rings. The van der Waals surface area contributed by atoms with Crippen molar-refractivity contribution in [1.82, 2.24) is 14.2 Å². The number of carbonyl (C=O) groups is 1. The Morgan fingerprint density at radius 2 is 1.86 bits per heavy atom. The van der Waals surface area contributed by atoms with Gasteiger partial charge in [-0.15, -0.1) is 0 Å². The van der Waals surface area contributed by atoms with Crippen LogP contribution in [0.2, 0.25) is 0 Å². The number of aryl methyl sites for hydroxylation is 1. The van der Waals surface area contributed by atoms with E-state index in [9.17, 15) is 18.9 Å². The number of rotatable bonds is 6. The molecule has 7 nitrogen and oxygen atoms in total. The molecule has 0 aliphatic carbocycles. The van der Waals surface area contributed by atoms with Gasteiger partial charge >= 0.3 is 0 Å². The normalized spacial score (nSPS) is 15.0. The van der Waals surface area contributed by atoms with Crippen LogP contribution < -0.4 is 10.2 Å². The summed E-state index contributed by atoms with van der Waals surface area (Å²) in [6.07, 6.45) is 0. The number of carbonyl (C=O) groups excluding carboxylic acids is 1. The van der Waals surface area contributed by atoms with Crippen molar-refractivity contribution in [1.29, 1.82) is 0 Å². The van der Waals surface area contributed by atoms with E-state index in [1.165, 1.54) is 6.07 Å². The van der Waals surface area contributed by atoms with E-state index >= 15 is 0 Å². The molecule has 28 heavy (non-hydrogen) atoms. The number of pyridine rings is 1. The maximum absolute atomic E-state index is 12.7. The van der Waals surface area contributed by atoms with Crippen molar-refractivity contribution in [3.63, 3.8) is 0 Å². The zero-order valence-corrected chi connectivity index (χ0v) is 17.1. The maximum Gasteiger partial charge on any atom is 0.274 e. The first-order valence-corrected chi connectivity index (χ1v) is 10.5. The summed E-state index contributed by atoms with van der Waals surface area (Å²) in [5.41, 5.74) is 2.02. The highest BCUT2D eigenvalue weighted by molar-refractivity contribution is 7.82. The molecule has 1 atom stereocenters. The van der Waals surface area contributed by atoms with Gasteiger partial charge in [-0.05, 0) is 26.3 Å². The van der Waals surface area contributed by atoms with E-state index in [1.54, 1.807) is 9.47 Å². The Morgan fingerprint density at radius 1 is 1.18 bits per heavy atom. The first-order chi connectivity index (χ1) is 13.3. The van der Waals surface area contributed by atoms with E-state index < -0.39 is 22.2 Å². The number of nitrogens with zero attached hydrogens (tertiary/aromatic N) is 2. The van der Waals surface area contributed by atoms with E-state index in [0.29, 0.717) is 24.5 Å². The molecule has 0 saturated heterocycles. The molecule has 0 bridgehead atoms. The molecular formula is C20H25N3O4S. The fraction of sp³-hybridized carbons (Fsp3) is 0.400. The fourth-order valence-corrected chi connectivity index (χ4v) is 4.19. The van der Waals surface area contributed by atoms with Crippen molar-refractivity contribution < 1.29 is 14.1 Å². The van der Waals surface area contributed by atoms with Gasteiger partial charge in [-0.25, -0.2) is 8.93 Å². The summed E-state index contributed by atoms with van der Waals surface area (Å²) in [5, 5.41) is 10.2. The van der Waals surface area contributed by atoms with E-state index in [1.807, 2.05) is 45.0 Å². The molecule has 0 radical (unpaired) electrons. The van der Waals surface area contributed by atoms with Crippen LogP contribution in [0.25, 0.3) is 0 Å². The van der Waals surface area contributed by atoms with Crippen molar-refractivity contribution >= 4 is 16.9 Å². The van der Waals surface area contributed by atoms with Gasteiger partial charge in [0.15, 0.2) is 11.4 Å². The smallest absolute Gasteiger partial charge is 0.274 e. The number of hydrogen-bond donors (Lipinski definition) is 2. The van der Waals surface area contributed by atoms with Crippen LogP contribution in [-0.2, 0) is 29.8 Å². The van der Waals surface area contributed by atoms with Gasteiger partial charge in [-0.1, -0.05) is 29.8 Å². The van der Waals surface area contributed by atoms with E-state index in [4.69, 9.17) is 0 Å². The zero-order chi connectivity index (χ0) is 20.4. The molecule has 1 aliphatic heterocycles. The molecule has 8 heteroatoms. The number of aromatic nitrogens is 1. The van der Waals surface area contributed by atoms with Gasteiger partial charge in [-0.2, -0.15) is 0 Å². The lowest BCUT2D eigenvalue weighted by Crippen LogP contribution is -2.46. The minimum absolute atomic E-state index is 0.00793. The largest absolute Gasteiger partial charge is 0.503 e. The molecule has 1 amide bonds. The highest BCUT2D eigenvalue weighted by atomic mass is 32.2. The lowest BCUT2D eigenvalue weighted by atomic mass is 10.1. The molecule has 1 unspecified atom stereocenters. The Morgan fingerprint density at radius 3 is 2.50 bits per heavy atom. The summed E-state index contributed by atoms with van der Waals surface area (Å²) in [7, 11) is -1.34. The average Bonchev–Trinajstić information content (AvgIpc) is 2.65. The topological polar surface area (TPSA) is 91.6 Å². The molecule has 1 aromatic heterocycles. The van der Waals surface area contributed by atoms with Gasteiger partial charge in [-0.3, -0.25) is 9.59 Å². The fourth-order valence-electron chi connectivity index (χ4n) is 3.28. The first-order valence-electron chi connectivity index (χ1n) is 9.22. The van der Waals surface area contributed by atoms with Crippen LogP contribution in [0.15, 0.2) is 35.1 Å². The number of benzene rings is 1. The highest BCUT2D eigenvalue weighted by Gasteiger charge is 2.31. The molecule has 3 rings (SSSR count). The molecule has 2 N–H and O–H groups in total. The van der Waals surface area contributed by atoms with Gasteiger partial charge in [0.2, 0.25) is 5.43 Å². The second-order valence-electron chi connectivity index (χ2n) is 7.24. The van der Waals surface area contributed by atoms with Gasteiger partial charge in [0.05, 0.1) is 16.7 Å². The molecule has 150 valence electrons. The summed E-state index contributed by atoms with van der Waals surface area (Å²) >= 11 is 0. The third-order valence-corrected chi connectivity index (χ3v) is 5.92. The molecule has 1 aromatic carbocycles. The quantitative estimate of drug-likeness (QED) is 0.768. The van der Waals surface area contributed by atoms with Crippen LogP contribution >= 0.6 is 0 Å². The first kappa shape index (κ1) is 20.3. The van der Waals surface area contributed by atoms with Crippen molar-refractivity contribution in [2.24, 2.45) is 0 Å². The maximum atomic E-state index is 12.7. The van der Waals surface area contributed by atoms with Gasteiger partial charge in [0, 0.05) is 37.4 Å². The Bertz CT molecular complexity index is 967. The van der Waals surface area contributed by atoms with Crippen molar-refractivity contribution in [2.75, 3.05) is 6.54 Å². The van der Waals surface area contributed by atoms with E-state index in [-0.39, 0.29) is 24.2 Å². The number of hydrogen-bond acceptors (Lipinski definition) is 4. The number of nitrogens with one attached hydrogen (secondary N) is 1. The second-order valence-corrected chi connectivity index (χ2v) is 8.51. The van der Waals surface area contributed by atoms with E-state index in [0.717, 1.165) is 11.1 Å². The third-order valence-electron chi connectivity index (χ3n) is 4.86. The Hall–Kier alpha value is -2.45. The summed E-state index contributed by atoms with van der Waals surface area (Å²) in [6, 6.07) is 9.07. The minimum atomic E-state index is -1.34. The average molecular weight is 404 g/mol. The van der Waals surface area contributed by atoms with Crippen molar-refractivity contribution in [3.8, 4) is 5.75 Å². The summed E-state index contributed by atoms with van der Waals surface area (Å²) in [5.74, 6) is -0.548. The minimum Gasteiger partial charge on any atom is -0.503 e. The number of fused-ring (bicyclic) bond motifs is 1. The van der Waals surface area contributed by atoms with Crippen LogP contribution in [0.1, 0.15) is 41.2 Å². The molecule has 2 aromatic rings. The van der Waals surface area contributed by atoms with E-state index in [2.05, 4.69) is 4.72 Å². The zero-order valence-electron chi connectivity index (χ0n) is 16.3. The molecular weight excluding hydrogens is 378 g/mol. The van der Waals surface area contributed by atoms with Gasteiger partial charge in [0.1, 0.15) is 0 Å². The Labute approximate surface area is 166 Å². The van der Waals surface area contributed by atoms with Crippen LogP contribution in [-0.4, -0.2) is 37.3 Å². The van der Waals surface area contributed by atoms with Crippen LogP contribution in [0.4, 0.5) is 0 Å². The van der Waals surface area contributed by atoms with Crippen molar-refractivity contribution in [3.05, 3.63) is 63.1 Å². The predicted molar refractivity (Wildman–Crippen MR) is 108 cm³/mol. The van der Waals surface area contributed by atoms with Crippen LogP contribution in [0.5, 0.6) is 5.75 Å². The highest BCUT2D eigenvalue weighted by Crippen LogP contribution is 2.22. The number of aromatic hydroxyl groups is 1. The molecule has 0 spiro atoms. The summed E-state index contributed by atoms with van der Waals surface area (Å²) < 4.78 is 16.9. The Balaban J connectivity index is 1.79. The van der Waals surface area contributed by atoms with Crippen molar-refractivity contribution in [2.45, 2.75) is 45.7 Å². The van der Waals surface area contributed by atoms with Crippen LogP contribution in [0.3, 0.4) is 0 Å². The molecule has 0 saturated carbocycles. The monoisotopic (exact) mass is 403 g/mol. The molecule has 1 aliphatic rings. The second kappa shape index (κ2) is 8.28. The lowest BCUT2D eigenvalue weighted by molar-refractivity contribution is 0.0639. The Kier molecular flexibility index (Phi) is 6.00. The molecule has 2 heterocycles. The third kappa shape index (κ3) is 4.18.